The highest BCUT2D eigenvalue weighted by atomic mass is 16.5. The lowest BCUT2D eigenvalue weighted by Gasteiger charge is -2.34. The number of ether oxygens (including phenoxy) is 1. The molecule has 0 spiro atoms. The predicted molar refractivity (Wildman–Crippen MR) is 98.8 cm³/mol. The van der Waals surface area contributed by atoms with Gasteiger partial charge in [-0.2, -0.15) is 5.10 Å². The fourth-order valence-electron chi connectivity index (χ4n) is 2.90. The van der Waals surface area contributed by atoms with Crippen molar-refractivity contribution in [3.63, 3.8) is 0 Å². The van der Waals surface area contributed by atoms with Gasteiger partial charge in [0.1, 0.15) is 11.4 Å². The van der Waals surface area contributed by atoms with Gasteiger partial charge in [-0.3, -0.25) is 14.4 Å². The summed E-state index contributed by atoms with van der Waals surface area (Å²) in [7, 11) is 0. The molecule has 2 amide bonds. The lowest BCUT2D eigenvalue weighted by molar-refractivity contribution is -0.134. The van der Waals surface area contributed by atoms with Crippen LogP contribution in [0.5, 0.6) is 5.75 Å². The van der Waals surface area contributed by atoms with Crippen LogP contribution < -0.4 is 10.3 Å². The molecule has 0 saturated carbocycles. The zero-order valence-electron chi connectivity index (χ0n) is 15.4. The Labute approximate surface area is 156 Å². The Bertz CT molecular complexity index is 880. The normalized spacial score (nSPS) is 14.1. The number of carbonyl (C=O) groups is 2. The number of nitrogens with zero attached hydrogens (tertiary/aromatic N) is 3. The van der Waals surface area contributed by atoms with Crippen molar-refractivity contribution in [3.8, 4) is 5.75 Å². The number of H-pyrrole nitrogens is 1. The summed E-state index contributed by atoms with van der Waals surface area (Å²) in [6.07, 6.45) is 0. The van der Waals surface area contributed by atoms with Gasteiger partial charge in [-0.1, -0.05) is 12.1 Å². The maximum absolute atomic E-state index is 12.4. The third kappa shape index (κ3) is 4.33. The van der Waals surface area contributed by atoms with Crippen LogP contribution >= 0.6 is 0 Å². The van der Waals surface area contributed by atoms with Gasteiger partial charge in [-0.05, 0) is 37.1 Å². The van der Waals surface area contributed by atoms with Crippen LogP contribution in [0.4, 0.5) is 0 Å². The van der Waals surface area contributed by atoms with Gasteiger partial charge in [-0.25, -0.2) is 5.10 Å². The van der Waals surface area contributed by atoms with E-state index in [2.05, 4.69) is 10.2 Å². The highest BCUT2D eigenvalue weighted by Crippen LogP contribution is 2.20. The molecule has 1 aliphatic rings. The van der Waals surface area contributed by atoms with Gasteiger partial charge >= 0.3 is 0 Å². The Morgan fingerprint density at radius 3 is 2.44 bits per heavy atom. The van der Waals surface area contributed by atoms with E-state index in [0.717, 1.165) is 11.1 Å². The average Bonchev–Trinajstić information content (AvgIpc) is 2.69. The highest BCUT2D eigenvalue weighted by Gasteiger charge is 2.25. The second-order valence-corrected chi connectivity index (χ2v) is 6.47. The maximum atomic E-state index is 12.4. The molecule has 1 fully saturated rings. The molecule has 0 atom stereocenters. The number of hydrogen-bond donors (Lipinski definition) is 1. The van der Waals surface area contributed by atoms with Crippen LogP contribution in [-0.2, 0) is 4.79 Å². The summed E-state index contributed by atoms with van der Waals surface area (Å²) in [6.45, 7) is 5.62. The van der Waals surface area contributed by atoms with E-state index < -0.39 is 0 Å². The van der Waals surface area contributed by atoms with Crippen LogP contribution in [-0.4, -0.2) is 64.6 Å². The molecule has 1 aliphatic heterocycles. The molecular weight excluding hydrogens is 348 g/mol. The van der Waals surface area contributed by atoms with Crippen molar-refractivity contribution in [2.24, 2.45) is 0 Å². The van der Waals surface area contributed by atoms with Gasteiger partial charge < -0.3 is 14.5 Å². The van der Waals surface area contributed by atoms with Crippen LogP contribution in [0.1, 0.15) is 21.6 Å². The van der Waals surface area contributed by atoms with Crippen molar-refractivity contribution in [2.75, 3.05) is 32.8 Å². The van der Waals surface area contributed by atoms with E-state index in [1.165, 1.54) is 12.1 Å². The van der Waals surface area contributed by atoms with E-state index in [0.29, 0.717) is 31.9 Å². The van der Waals surface area contributed by atoms with Crippen LogP contribution in [0.3, 0.4) is 0 Å². The van der Waals surface area contributed by atoms with Crippen LogP contribution in [0.15, 0.2) is 35.1 Å². The fraction of sp³-hybridized carbons (Fsp3) is 0.368. The molecular formula is C19H22N4O4. The van der Waals surface area contributed by atoms with E-state index in [9.17, 15) is 14.4 Å². The van der Waals surface area contributed by atoms with E-state index in [-0.39, 0.29) is 29.7 Å². The largest absolute Gasteiger partial charge is 0.483 e. The topological polar surface area (TPSA) is 95.6 Å². The van der Waals surface area contributed by atoms with Gasteiger partial charge in [0.05, 0.1) is 0 Å². The van der Waals surface area contributed by atoms with Crippen molar-refractivity contribution in [1.29, 1.82) is 0 Å². The van der Waals surface area contributed by atoms with E-state index >= 15 is 0 Å². The lowest BCUT2D eigenvalue weighted by Crippen LogP contribution is -2.51. The zero-order valence-corrected chi connectivity index (χ0v) is 15.4. The van der Waals surface area contributed by atoms with Gasteiger partial charge in [0.15, 0.2) is 6.61 Å². The Hall–Kier alpha value is -3.16. The second-order valence-electron chi connectivity index (χ2n) is 6.47. The van der Waals surface area contributed by atoms with Crippen LogP contribution in [0.25, 0.3) is 0 Å². The molecule has 1 N–H and O–H groups in total. The predicted octanol–water partition coefficient (Wildman–Crippen LogP) is 0.750. The van der Waals surface area contributed by atoms with E-state index in [4.69, 9.17) is 4.74 Å². The standard InChI is InChI=1S/C19H22N4O4/c1-13-4-3-5-16(14(13)2)27-12-18(25)22-8-10-23(11-9-22)19(26)15-6-7-17(24)21-20-15/h3-7H,8-12H2,1-2H3,(H,21,24). The van der Waals surface area contributed by atoms with Crippen molar-refractivity contribution in [3.05, 3.63) is 57.5 Å². The van der Waals surface area contributed by atoms with Gasteiger partial charge in [-0.15, -0.1) is 0 Å². The number of benzene rings is 1. The van der Waals surface area contributed by atoms with Crippen molar-refractivity contribution < 1.29 is 14.3 Å². The maximum Gasteiger partial charge on any atom is 0.274 e. The average molecular weight is 370 g/mol. The fourth-order valence-corrected chi connectivity index (χ4v) is 2.90. The summed E-state index contributed by atoms with van der Waals surface area (Å²) in [5.74, 6) is 0.344. The summed E-state index contributed by atoms with van der Waals surface area (Å²) in [6, 6.07) is 8.42. The van der Waals surface area contributed by atoms with E-state index in [1.807, 2.05) is 32.0 Å². The zero-order chi connectivity index (χ0) is 19.4. The SMILES string of the molecule is Cc1cccc(OCC(=O)N2CCN(C(=O)c3ccc(=O)[nH]n3)CC2)c1C. The summed E-state index contributed by atoms with van der Waals surface area (Å²) in [5, 5.41) is 6.01. The molecule has 0 aliphatic carbocycles. The number of carbonyl (C=O) groups excluding carboxylic acids is 2. The van der Waals surface area contributed by atoms with Crippen molar-refractivity contribution in [1.82, 2.24) is 20.0 Å². The quantitative estimate of drug-likeness (QED) is 0.857. The number of piperazine rings is 1. The summed E-state index contributed by atoms with van der Waals surface area (Å²) in [5.41, 5.74) is 1.97. The van der Waals surface area contributed by atoms with Gasteiger partial charge in [0.2, 0.25) is 0 Å². The first kappa shape index (κ1) is 18.6. The minimum Gasteiger partial charge on any atom is -0.483 e. The highest BCUT2D eigenvalue weighted by molar-refractivity contribution is 5.92. The Morgan fingerprint density at radius 1 is 1.07 bits per heavy atom. The molecule has 2 aromatic rings. The Morgan fingerprint density at radius 2 is 1.78 bits per heavy atom. The molecule has 0 bridgehead atoms. The van der Waals surface area contributed by atoms with Crippen LogP contribution in [0.2, 0.25) is 0 Å². The summed E-state index contributed by atoms with van der Waals surface area (Å²) >= 11 is 0. The van der Waals surface area contributed by atoms with Crippen molar-refractivity contribution >= 4 is 11.8 Å². The first-order valence-electron chi connectivity index (χ1n) is 8.77. The minimum absolute atomic E-state index is 0.0281. The molecule has 2 heterocycles. The molecule has 142 valence electrons. The number of hydrogen-bond acceptors (Lipinski definition) is 5. The first-order valence-corrected chi connectivity index (χ1v) is 8.77. The van der Waals surface area contributed by atoms with Gasteiger partial charge in [0, 0.05) is 32.2 Å². The molecule has 1 aromatic carbocycles. The molecule has 8 nitrogen and oxygen atoms in total. The number of rotatable bonds is 4. The summed E-state index contributed by atoms with van der Waals surface area (Å²) < 4.78 is 5.67. The Kier molecular flexibility index (Phi) is 5.54. The minimum atomic E-state index is -0.356. The third-order valence-electron chi connectivity index (χ3n) is 4.72. The van der Waals surface area contributed by atoms with E-state index in [1.54, 1.807) is 9.80 Å². The molecule has 3 rings (SSSR count). The number of nitrogens with one attached hydrogen (secondary N) is 1. The van der Waals surface area contributed by atoms with Gasteiger partial charge in [0.25, 0.3) is 17.4 Å². The smallest absolute Gasteiger partial charge is 0.274 e. The molecule has 27 heavy (non-hydrogen) atoms. The molecule has 0 radical (unpaired) electrons. The first-order chi connectivity index (χ1) is 13.0. The number of amides is 2. The molecule has 1 aromatic heterocycles. The molecule has 1 saturated heterocycles. The molecule has 8 heteroatoms. The Balaban J connectivity index is 1.51. The van der Waals surface area contributed by atoms with Crippen LogP contribution in [0, 0.1) is 13.8 Å². The third-order valence-corrected chi connectivity index (χ3v) is 4.72. The number of aromatic amines is 1. The summed E-state index contributed by atoms with van der Waals surface area (Å²) in [4.78, 5) is 39.1. The molecule has 0 unspecified atom stereocenters. The van der Waals surface area contributed by atoms with Crippen molar-refractivity contribution in [2.45, 2.75) is 13.8 Å². The second kappa shape index (κ2) is 8.03. The number of aryl methyl sites for hydroxylation is 1. The monoisotopic (exact) mass is 370 g/mol. The lowest BCUT2D eigenvalue weighted by atomic mass is 10.1. The number of aromatic nitrogens is 2.